The molecule has 1 heterocycles. The highest BCUT2D eigenvalue weighted by Crippen LogP contribution is 2.21. The van der Waals surface area contributed by atoms with E-state index in [1.165, 1.54) is 4.68 Å². The van der Waals surface area contributed by atoms with Crippen LogP contribution in [0.25, 0.3) is 11.3 Å². The van der Waals surface area contributed by atoms with E-state index in [1.54, 1.807) is 13.1 Å². The van der Waals surface area contributed by atoms with Crippen LogP contribution in [-0.4, -0.2) is 9.78 Å². The van der Waals surface area contributed by atoms with Crippen LogP contribution in [0.15, 0.2) is 65.5 Å². The van der Waals surface area contributed by atoms with Crippen LogP contribution in [0.5, 0.6) is 0 Å². The molecule has 2 aromatic carbocycles. The fourth-order valence-corrected chi connectivity index (χ4v) is 2.56. The summed E-state index contributed by atoms with van der Waals surface area (Å²) in [4.78, 5) is 12.5. The molecule has 0 saturated heterocycles. The van der Waals surface area contributed by atoms with Crippen molar-refractivity contribution in [2.75, 3.05) is 0 Å². The first-order chi connectivity index (χ1) is 11.1. The van der Waals surface area contributed by atoms with Gasteiger partial charge in [-0.2, -0.15) is 5.10 Å². The smallest absolute Gasteiger partial charge is 0.271 e. The zero-order valence-electron chi connectivity index (χ0n) is 13.2. The van der Waals surface area contributed by atoms with Gasteiger partial charge in [0.2, 0.25) is 0 Å². The van der Waals surface area contributed by atoms with Gasteiger partial charge in [0.1, 0.15) is 0 Å². The summed E-state index contributed by atoms with van der Waals surface area (Å²) in [6.45, 7) is 2.02. The van der Waals surface area contributed by atoms with E-state index in [1.807, 2.05) is 61.5 Å². The lowest BCUT2D eigenvalue weighted by atomic mass is 9.98. The fraction of sp³-hybridized carbons (Fsp3) is 0.158. The molecule has 0 bridgehead atoms. The third-order valence-corrected chi connectivity index (χ3v) is 3.93. The molecule has 0 aliphatic carbocycles. The molecule has 0 amide bonds. The maximum Gasteiger partial charge on any atom is 0.271 e. The van der Waals surface area contributed by atoms with E-state index in [4.69, 9.17) is 5.73 Å². The Morgan fingerprint density at radius 1 is 1.04 bits per heavy atom. The Morgan fingerprint density at radius 3 is 2.35 bits per heavy atom. The van der Waals surface area contributed by atoms with Crippen LogP contribution in [-0.2, 0) is 7.05 Å². The van der Waals surface area contributed by atoms with Crippen molar-refractivity contribution < 1.29 is 0 Å². The van der Waals surface area contributed by atoms with E-state index in [-0.39, 0.29) is 5.56 Å². The second-order valence-corrected chi connectivity index (χ2v) is 5.67. The summed E-state index contributed by atoms with van der Waals surface area (Å²) in [6.07, 6.45) is 0. The Labute approximate surface area is 135 Å². The molecule has 3 aromatic rings. The minimum Gasteiger partial charge on any atom is -0.320 e. The minimum absolute atomic E-state index is 0.169. The van der Waals surface area contributed by atoms with Crippen LogP contribution in [0, 0.1) is 6.92 Å². The molecule has 0 spiro atoms. The lowest BCUT2D eigenvalue weighted by molar-refractivity contribution is 0.684. The molecule has 3 rings (SSSR count). The molecule has 1 aromatic heterocycles. The first-order valence-corrected chi connectivity index (χ1v) is 7.52. The van der Waals surface area contributed by atoms with Gasteiger partial charge < -0.3 is 5.73 Å². The quantitative estimate of drug-likeness (QED) is 0.809. The normalized spacial score (nSPS) is 12.1. The zero-order chi connectivity index (χ0) is 16.4. The predicted octanol–water partition coefficient (Wildman–Crippen LogP) is 2.80. The third-order valence-electron chi connectivity index (χ3n) is 3.93. The molecule has 4 heteroatoms. The Kier molecular flexibility index (Phi) is 4.08. The number of nitrogens with zero attached hydrogens (tertiary/aromatic N) is 2. The largest absolute Gasteiger partial charge is 0.320 e. The molecule has 0 aliphatic heterocycles. The maximum absolute atomic E-state index is 12.5. The van der Waals surface area contributed by atoms with Gasteiger partial charge in [0.05, 0.1) is 11.7 Å². The van der Waals surface area contributed by atoms with Gasteiger partial charge in [-0.05, 0) is 18.6 Å². The second-order valence-electron chi connectivity index (χ2n) is 5.67. The van der Waals surface area contributed by atoms with Crippen molar-refractivity contribution in [3.63, 3.8) is 0 Å². The zero-order valence-corrected chi connectivity index (χ0v) is 13.2. The van der Waals surface area contributed by atoms with Gasteiger partial charge in [-0.3, -0.25) is 4.79 Å². The van der Waals surface area contributed by atoms with Crippen molar-refractivity contribution in [1.82, 2.24) is 9.78 Å². The number of hydrogen-bond donors (Lipinski definition) is 1. The van der Waals surface area contributed by atoms with Gasteiger partial charge in [0.25, 0.3) is 5.56 Å². The highest BCUT2D eigenvalue weighted by molar-refractivity contribution is 5.59. The summed E-state index contributed by atoms with van der Waals surface area (Å²) in [6, 6.07) is 19.0. The van der Waals surface area contributed by atoms with Crippen molar-refractivity contribution in [1.29, 1.82) is 0 Å². The monoisotopic (exact) mass is 305 g/mol. The van der Waals surface area contributed by atoms with Gasteiger partial charge in [-0.15, -0.1) is 0 Å². The van der Waals surface area contributed by atoms with E-state index in [9.17, 15) is 4.79 Å². The van der Waals surface area contributed by atoms with Crippen LogP contribution in [0.3, 0.4) is 0 Å². The van der Waals surface area contributed by atoms with Crippen LogP contribution in [0.1, 0.15) is 22.7 Å². The molecular weight excluding hydrogens is 286 g/mol. The van der Waals surface area contributed by atoms with Gasteiger partial charge in [-0.25, -0.2) is 4.68 Å². The van der Waals surface area contributed by atoms with Gasteiger partial charge in [0, 0.05) is 18.2 Å². The van der Waals surface area contributed by atoms with Crippen LogP contribution in [0.4, 0.5) is 0 Å². The van der Waals surface area contributed by atoms with E-state index < -0.39 is 6.04 Å². The average molecular weight is 305 g/mol. The molecule has 1 atom stereocenters. The first kappa shape index (κ1) is 15.2. The number of rotatable bonds is 3. The van der Waals surface area contributed by atoms with Crippen molar-refractivity contribution in [2.45, 2.75) is 13.0 Å². The number of aryl methyl sites for hydroxylation is 2. The van der Waals surface area contributed by atoms with E-state index in [0.717, 1.165) is 22.4 Å². The van der Waals surface area contributed by atoms with Gasteiger partial charge in [-0.1, -0.05) is 60.2 Å². The predicted molar refractivity (Wildman–Crippen MR) is 92.1 cm³/mol. The molecule has 0 aliphatic rings. The number of nitrogens with two attached hydrogens (primary N) is 1. The van der Waals surface area contributed by atoms with E-state index >= 15 is 0 Å². The Bertz CT molecular complexity index is 867. The molecule has 2 N–H and O–H groups in total. The van der Waals surface area contributed by atoms with Crippen LogP contribution < -0.4 is 11.3 Å². The lowest BCUT2D eigenvalue weighted by Gasteiger charge is -2.14. The number of hydrogen-bond acceptors (Lipinski definition) is 3. The average Bonchev–Trinajstić information content (AvgIpc) is 2.58. The molecule has 116 valence electrons. The Hall–Kier alpha value is -2.72. The van der Waals surface area contributed by atoms with Crippen molar-refractivity contribution in [3.8, 4) is 11.3 Å². The summed E-state index contributed by atoms with van der Waals surface area (Å²) in [5, 5.41) is 4.34. The molecule has 0 radical (unpaired) electrons. The standard InChI is InChI=1S/C19H19N3O/c1-13-8-10-15(11-9-13)18(20)16-12-17(21-22(2)19(16)23)14-6-4-3-5-7-14/h3-12,18H,20H2,1-2H3. The van der Waals surface area contributed by atoms with Crippen LogP contribution in [0.2, 0.25) is 0 Å². The number of aromatic nitrogens is 2. The van der Waals surface area contributed by atoms with Crippen molar-refractivity contribution in [2.24, 2.45) is 12.8 Å². The first-order valence-electron chi connectivity index (χ1n) is 7.52. The SMILES string of the molecule is Cc1ccc(C(N)c2cc(-c3ccccc3)nn(C)c2=O)cc1. The van der Waals surface area contributed by atoms with Gasteiger partial charge >= 0.3 is 0 Å². The molecule has 0 fully saturated rings. The Morgan fingerprint density at radius 2 is 1.70 bits per heavy atom. The third kappa shape index (κ3) is 3.07. The Balaban J connectivity index is 2.10. The number of benzene rings is 2. The lowest BCUT2D eigenvalue weighted by Crippen LogP contribution is -2.29. The summed E-state index contributed by atoms with van der Waals surface area (Å²) in [5.41, 5.74) is 10.5. The summed E-state index contributed by atoms with van der Waals surface area (Å²) < 4.78 is 1.35. The maximum atomic E-state index is 12.5. The molecule has 0 saturated carbocycles. The van der Waals surface area contributed by atoms with Crippen molar-refractivity contribution in [3.05, 3.63) is 87.7 Å². The topological polar surface area (TPSA) is 60.9 Å². The summed E-state index contributed by atoms with van der Waals surface area (Å²) in [7, 11) is 1.65. The molecule has 1 unspecified atom stereocenters. The van der Waals surface area contributed by atoms with Crippen molar-refractivity contribution >= 4 is 0 Å². The second kappa shape index (κ2) is 6.18. The highest BCUT2D eigenvalue weighted by Gasteiger charge is 2.16. The summed E-state index contributed by atoms with van der Waals surface area (Å²) >= 11 is 0. The highest BCUT2D eigenvalue weighted by atomic mass is 16.1. The van der Waals surface area contributed by atoms with Crippen LogP contribution >= 0.6 is 0 Å². The van der Waals surface area contributed by atoms with Gasteiger partial charge in [0.15, 0.2) is 0 Å². The van der Waals surface area contributed by atoms with E-state index in [0.29, 0.717) is 5.56 Å². The van der Waals surface area contributed by atoms with E-state index in [2.05, 4.69) is 5.10 Å². The minimum atomic E-state index is -0.472. The molecular formula is C19H19N3O. The molecule has 23 heavy (non-hydrogen) atoms. The summed E-state index contributed by atoms with van der Waals surface area (Å²) in [5.74, 6) is 0. The molecule has 4 nitrogen and oxygen atoms in total. The fourth-order valence-electron chi connectivity index (χ4n) is 2.56.